The lowest BCUT2D eigenvalue weighted by Gasteiger charge is -2.38. The molecule has 1 aromatic rings. The summed E-state index contributed by atoms with van der Waals surface area (Å²) < 4.78 is 5.73. The fraction of sp³-hybridized carbons (Fsp3) is 0.786. The molecule has 1 saturated heterocycles. The molecule has 15 nitrogen and oxygen atoms in total. The van der Waals surface area contributed by atoms with Crippen molar-refractivity contribution in [2.75, 3.05) is 25.1 Å². The average Bonchev–Trinajstić information content (AvgIpc) is 3.54. The summed E-state index contributed by atoms with van der Waals surface area (Å²) in [4.78, 5) is 60.4. The number of hydrogen-bond acceptors (Lipinski definition) is 11. The topological polar surface area (TPSA) is 190 Å². The molecule has 1 aliphatic heterocycles. The van der Waals surface area contributed by atoms with Crippen LogP contribution in [0, 0.1) is 22.0 Å². The molecule has 3 rings (SSSR count). The van der Waals surface area contributed by atoms with Crippen molar-refractivity contribution < 1.29 is 29.0 Å². The number of nitrogens with one attached hydrogen (secondary N) is 3. The lowest BCUT2D eigenvalue weighted by molar-refractivity contribution is -0.494. The van der Waals surface area contributed by atoms with E-state index in [4.69, 9.17) is 9.57 Å². The van der Waals surface area contributed by atoms with Gasteiger partial charge in [-0.3, -0.25) is 19.7 Å². The number of aromatic nitrogens is 1. The van der Waals surface area contributed by atoms with Crippen LogP contribution in [0.5, 0.6) is 0 Å². The maximum atomic E-state index is 14.2. The Bertz CT molecular complexity index is 1040. The van der Waals surface area contributed by atoms with E-state index < -0.39 is 35.2 Å². The summed E-state index contributed by atoms with van der Waals surface area (Å²) in [5.74, 6) is -0.967. The Morgan fingerprint density at radius 3 is 2.68 bits per heavy atom. The molecular weight excluding hydrogens is 592 g/mol. The van der Waals surface area contributed by atoms with Gasteiger partial charge in [0.05, 0.1) is 22.1 Å². The Labute approximate surface area is 262 Å². The molecule has 3 N–H and O–H groups in total. The zero-order chi connectivity index (χ0) is 31.6. The normalized spacial score (nSPS) is 19.6. The smallest absolute Gasteiger partial charge is 0.248 e. The van der Waals surface area contributed by atoms with Crippen LogP contribution in [0.4, 0.5) is 5.13 Å². The second-order valence-electron chi connectivity index (χ2n) is 11.2. The molecule has 0 aromatic carbocycles. The maximum Gasteiger partial charge on any atom is 0.248 e. The predicted octanol–water partition coefficient (Wildman–Crippen LogP) is 4.21. The number of amides is 3. The number of carbonyl (C=O) groups is 3. The van der Waals surface area contributed by atoms with Gasteiger partial charge in [-0.2, -0.15) is 0 Å². The second kappa shape index (κ2) is 20.0. The number of carbonyl (C=O) groups excluding carboxylic acids is 3. The van der Waals surface area contributed by atoms with Crippen molar-refractivity contribution in [3.63, 3.8) is 0 Å². The zero-order valence-electron chi connectivity index (χ0n) is 25.4. The van der Waals surface area contributed by atoms with Gasteiger partial charge in [-0.05, 0) is 51.0 Å². The van der Waals surface area contributed by atoms with E-state index >= 15 is 0 Å². The highest BCUT2D eigenvalue weighted by Gasteiger charge is 2.38. The Balaban J connectivity index is 1.76. The molecule has 1 aliphatic carbocycles. The van der Waals surface area contributed by atoms with Crippen molar-refractivity contribution in [2.24, 2.45) is 22.2 Å². The molecule has 4 atom stereocenters. The third-order valence-corrected chi connectivity index (χ3v) is 8.65. The highest BCUT2D eigenvalue weighted by Crippen LogP contribution is 2.33. The van der Waals surface area contributed by atoms with Gasteiger partial charge in [0.2, 0.25) is 24.9 Å². The predicted molar refractivity (Wildman–Crippen MR) is 163 cm³/mol. The Kier molecular flexibility index (Phi) is 16.1. The number of ether oxygens (including phenoxy) is 1. The van der Waals surface area contributed by atoms with Crippen LogP contribution in [-0.2, 0) is 24.0 Å². The van der Waals surface area contributed by atoms with Crippen LogP contribution in [0.3, 0.4) is 0 Å². The highest BCUT2D eigenvalue weighted by atomic mass is 32.1. The van der Waals surface area contributed by atoms with Crippen molar-refractivity contribution in [2.45, 2.75) is 109 Å². The molecule has 2 fully saturated rings. The minimum Gasteiger partial charge on any atom is -0.350 e. The Hall–Kier alpha value is -3.08. The van der Waals surface area contributed by atoms with Gasteiger partial charge in [-0.1, -0.05) is 45.4 Å². The molecule has 0 spiro atoms. The lowest BCUT2D eigenvalue weighted by atomic mass is 9.79. The average molecular weight is 639 g/mol. The summed E-state index contributed by atoms with van der Waals surface area (Å²) >= 11 is 1.27. The van der Waals surface area contributed by atoms with E-state index in [1.165, 1.54) is 22.8 Å². The van der Waals surface area contributed by atoms with Crippen molar-refractivity contribution in [1.82, 2.24) is 20.7 Å². The molecule has 0 radical (unpaired) electrons. The number of hydroxylamine groups is 2. The van der Waals surface area contributed by atoms with E-state index in [0.29, 0.717) is 62.7 Å². The molecule has 2 aliphatic rings. The van der Waals surface area contributed by atoms with E-state index in [9.17, 15) is 24.5 Å². The van der Waals surface area contributed by atoms with E-state index in [1.807, 2.05) is 6.92 Å². The van der Waals surface area contributed by atoms with E-state index in [1.54, 1.807) is 11.6 Å². The van der Waals surface area contributed by atoms with E-state index in [-0.39, 0.29) is 12.6 Å². The van der Waals surface area contributed by atoms with E-state index in [0.717, 1.165) is 44.9 Å². The molecule has 16 heteroatoms. The first-order chi connectivity index (χ1) is 21.4. The standard InChI is InChI=1S/C28H46N8O7S/c1-2-9-24(35(20-37)43-25-13-6-7-16-42-25)22(18-21-10-4-3-5-11-21)26(38)32-23(27(39)33-28-30-15-17-44-28)12-8-14-29-19-31-34-36(40)41/h15,17,20-25,29H,2-14,16,18-19H2,1H3,(H,32,38)(H,30,33,39)/t22-,23+,24+,25?/m1/s1. The largest absolute Gasteiger partial charge is 0.350 e. The summed E-state index contributed by atoms with van der Waals surface area (Å²) in [5, 5.41) is 27.8. The molecule has 1 saturated carbocycles. The summed E-state index contributed by atoms with van der Waals surface area (Å²) in [6, 6.07) is -1.40. The fourth-order valence-corrected chi connectivity index (χ4v) is 6.33. The highest BCUT2D eigenvalue weighted by molar-refractivity contribution is 7.13. The van der Waals surface area contributed by atoms with Gasteiger partial charge >= 0.3 is 0 Å². The molecule has 0 bridgehead atoms. The maximum absolute atomic E-state index is 14.2. The van der Waals surface area contributed by atoms with Gasteiger partial charge in [-0.25, -0.2) is 14.9 Å². The molecule has 246 valence electrons. The Morgan fingerprint density at radius 2 is 2.02 bits per heavy atom. The van der Waals surface area contributed by atoms with Gasteiger partial charge in [0, 0.05) is 24.6 Å². The summed E-state index contributed by atoms with van der Waals surface area (Å²) in [6.45, 7) is 2.92. The van der Waals surface area contributed by atoms with Crippen molar-refractivity contribution in [3.8, 4) is 0 Å². The third kappa shape index (κ3) is 12.5. The van der Waals surface area contributed by atoms with Crippen LogP contribution in [0.2, 0.25) is 0 Å². The monoisotopic (exact) mass is 638 g/mol. The number of hydrogen-bond donors (Lipinski definition) is 3. The van der Waals surface area contributed by atoms with Crippen LogP contribution in [0.1, 0.15) is 90.4 Å². The number of nitrogens with zero attached hydrogens (tertiary/aromatic N) is 5. The molecule has 1 unspecified atom stereocenters. The summed E-state index contributed by atoms with van der Waals surface area (Å²) in [7, 11) is 0. The minimum absolute atomic E-state index is 0.0439. The molecular formula is C28H46N8O7S. The fourth-order valence-electron chi connectivity index (χ4n) is 5.80. The quantitative estimate of drug-likeness (QED) is 0.0617. The minimum atomic E-state index is -0.884. The Morgan fingerprint density at radius 1 is 1.23 bits per heavy atom. The zero-order valence-corrected chi connectivity index (χ0v) is 26.3. The van der Waals surface area contributed by atoms with Gasteiger partial charge < -0.3 is 25.5 Å². The van der Waals surface area contributed by atoms with Gasteiger partial charge in [0.25, 0.3) is 0 Å². The molecule has 2 heterocycles. The molecule has 3 amide bonds. The molecule has 44 heavy (non-hydrogen) atoms. The van der Waals surface area contributed by atoms with Gasteiger partial charge in [0.15, 0.2) is 16.6 Å². The van der Waals surface area contributed by atoms with Crippen LogP contribution >= 0.6 is 11.3 Å². The van der Waals surface area contributed by atoms with Crippen LogP contribution < -0.4 is 16.0 Å². The first-order valence-corrected chi connectivity index (χ1v) is 16.5. The first kappa shape index (κ1) is 35.4. The summed E-state index contributed by atoms with van der Waals surface area (Å²) in [5.41, 5.74) is 0. The number of nitro groups is 1. The molecule has 1 aromatic heterocycles. The summed E-state index contributed by atoms with van der Waals surface area (Å²) in [6.07, 6.45) is 12.3. The van der Waals surface area contributed by atoms with Crippen molar-refractivity contribution >= 4 is 34.7 Å². The SMILES string of the molecule is CCC[C@@H]([C@@H](CC1CCCCC1)C(=O)N[C@@H](CCCNCN=N[N+](=O)[O-])C(=O)Nc1nccs1)N(C=O)OC1CCCCO1. The number of anilines is 1. The van der Waals surface area contributed by atoms with Crippen molar-refractivity contribution in [3.05, 3.63) is 21.7 Å². The second-order valence-corrected chi connectivity index (χ2v) is 12.1. The van der Waals surface area contributed by atoms with Gasteiger partial charge in [0.1, 0.15) is 6.04 Å². The van der Waals surface area contributed by atoms with E-state index in [2.05, 4.69) is 31.3 Å². The third-order valence-electron chi connectivity index (χ3n) is 7.97. The van der Waals surface area contributed by atoms with Crippen LogP contribution in [-0.4, -0.2) is 71.5 Å². The van der Waals surface area contributed by atoms with Gasteiger partial charge in [-0.15, -0.1) is 11.3 Å². The lowest BCUT2D eigenvalue weighted by Crippen LogP contribution is -2.52. The number of thiazole rings is 1. The van der Waals surface area contributed by atoms with Crippen LogP contribution in [0.25, 0.3) is 0 Å². The van der Waals surface area contributed by atoms with Crippen molar-refractivity contribution in [1.29, 1.82) is 0 Å². The number of rotatable bonds is 20. The first-order valence-electron chi connectivity index (χ1n) is 15.7. The van der Waals surface area contributed by atoms with Crippen LogP contribution in [0.15, 0.2) is 21.9 Å².